The second-order valence-corrected chi connectivity index (χ2v) is 7.35. The summed E-state index contributed by atoms with van der Waals surface area (Å²) < 4.78 is 0. The lowest BCUT2D eigenvalue weighted by atomic mass is 9.82. The minimum absolute atomic E-state index is 0.114. The molecule has 1 unspecified atom stereocenters. The Morgan fingerprint density at radius 2 is 1.87 bits per heavy atom. The van der Waals surface area contributed by atoms with Crippen LogP contribution in [0.5, 0.6) is 0 Å². The number of carbonyl (C=O) groups is 5. The molecule has 0 aromatic carbocycles. The van der Waals surface area contributed by atoms with Crippen molar-refractivity contribution < 1.29 is 29.1 Å². The zero-order chi connectivity index (χ0) is 17.4. The van der Waals surface area contributed by atoms with E-state index in [4.69, 9.17) is 0 Å². The van der Waals surface area contributed by atoms with Crippen LogP contribution in [0.2, 0.25) is 0 Å². The van der Waals surface area contributed by atoms with Crippen molar-refractivity contribution in [3.05, 3.63) is 0 Å². The molecule has 2 atom stereocenters. The molecule has 1 saturated carbocycles. The summed E-state index contributed by atoms with van der Waals surface area (Å²) in [5, 5.41) is 9.25. The van der Waals surface area contributed by atoms with Gasteiger partial charge in [0.15, 0.2) is 5.12 Å². The van der Waals surface area contributed by atoms with E-state index in [1.165, 1.54) is 6.92 Å². The van der Waals surface area contributed by atoms with Crippen molar-refractivity contribution in [1.29, 1.82) is 0 Å². The number of hydrogen-bond donors (Lipinski definition) is 1. The van der Waals surface area contributed by atoms with Gasteiger partial charge in [-0.1, -0.05) is 18.7 Å². The smallest absolute Gasteiger partial charge is 0.326 e. The van der Waals surface area contributed by atoms with Gasteiger partial charge in [0.1, 0.15) is 23.0 Å². The van der Waals surface area contributed by atoms with Crippen molar-refractivity contribution in [3.8, 4) is 0 Å². The Labute approximate surface area is 137 Å². The average molecular weight is 341 g/mol. The van der Waals surface area contributed by atoms with Crippen molar-refractivity contribution in [2.24, 2.45) is 11.3 Å². The Morgan fingerprint density at radius 1 is 1.30 bits per heavy atom. The molecule has 8 heteroatoms. The third-order valence-corrected chi connectivity index (χ3v) is 5.60. The van der Waals surface area contributed by atoms with Crippen LogP contribution in [-0.2, 0) is 24.0 Å². The van der Waals surface area contributed by atoms with Gasteiger partial charge in [0.25, 0.3) is 0 Å². The first-order valence-corrected chi connectivity index (χ1v) is 8.41. The van der Waals surface area contributed by atoms with Crippen LogP contribution < -0.4 is 0 Å². The van der Waals surface area contributed by atoms with E-state index in [0.717, 1.165) is 16.7 Å². The van der Waals surface area contributed by atoms with Crippen molar-refractivity contribution in [2.45, 2.75) is 39.2 Å². The predicted octanol–water partition coefficient (Wildman–Crippen LogP) is 0.506. The number of carboxylic acid groups (broad SMARTS) is 1. The van der Waals surface area contributed by atoms with Crippen LogP contribution in [-0.4, -0.2) is 56.9 Å². The Bertz CT molecular complexity index is 571. The van der Waals surface area contributed by atoms with Crippen LogP contribution in [0.4, 0.5) is 0 Å². The van der Waals surface area contributed by atoms with E-state index in [2.05, 4.69) is 0 Å². The SMILES string of the molecule is CC(=O)SCC(C)C(=O)N1CC2(C[C@H]1C(=O)O)C(=O)CCC2=O. The highest BCUT2D eigenvalue weighted by atomic mass is 32.2. The van der Waals surface area contributed by atoms with Gasteiger partial charge in [0.2, 0.25) is 5.91 Å². The lowest BCUT2D eigenvalue weighted by Crippen LogP contribution is -2.44. The van der Waals surface area contributed by atoms with Crippen LogP contribution in [0.25, 0.3) is 0 Å². The number of amides is 1. The van der Waals surface area contributed by atoms with E-state index in [0.29, 0.717) is 0 Å². The van der Waals surface area contributed by atoms with E-state index >= 15 is 0 Å². The Balaban J connectivity index is 2.21. The van der Waals surface area contributed by atoms with Crippen molar-refractivity contribution in [3.63, 3.8) is 0 Å². The Hall–Kier alpha value is -1.70. The number of carboxylic acids is 1. The minimum Gasteiger partial charge on any atom is -0.480 e. The summed E-state index contributed by atoms with van der Waals surface area (Å²) in [6.45, 7) is 2.85. The molecule has 7 nitrogen and oxygen atoms in total. The molecule has 0 radical (unpaired) electrons. The molecule has 1 aliphatic carbocycles. The quantitative estimate of drug-likeness (QED) is 0.742. The van der Waals surface area contributed by atoms with Gasteiger partial charge >= 0.3 is 5.97 Å². The first-order valence-electron chi connectivity index (χ1n) is 7.42. The van der Waals surface area contributed by atoms with Gasteiger partial charge < -0.3 is 10.0 Å². The first kappa shape index (κ1) is 17.7. The molecule has 0 bridgehead atoms. The molecule has 1 spiro atoms. The van der Waals surface area contributed by atoms with Gasteiger partial charge in [0.05, 0.1) is 0 Å². The molecular formula is C15H19NO6S. The molecule has 23 heavy (non-hydrogen) atoms. The van der Waals surface area contributed by atoms with Gasteiger partial charge in [-0.3, -0.25) is 19.2 Å². The van der Waals surface area contributed by atoms with E-state index < -0.39 is 29.3 Å². The van der Waals surface area contributed by atoms with E-state index in [1.807, 2.05) is 0 Å². The topological polar surface area (TPSA) is 109 Å². The number of aliphatic carboxylic acids is 1. The summed E-state index contributed by atoms with van der Waals surface area (Å²) in [6.07, 6.45) is 0.0875. The molecule has 1 saturated heterocycles. The molecule has 2 fully saturated rings. The van der Waals surface area contributed by atoms with Crippen molar-refractivity contribution >= 4 is 40.3 Å². The zero-order valence-corrected chi connectivity index (χ0v) is 13.9. The third kappa shape index (κ3) is 3.17. The van der Waals surface area contributed by atoms with Gasteiger partial charge in [-0.2, -0.15) is 0 Å². The van der Waals surface area contributed by atoms with Gasteiger partial charge in [-0.25, -0.2) is 4.79 Å². The summed E-state index contributed by atoms with van der Waals surface area (Å²) in [7, 11) is 0. The predicted molar refractivity (Wildman–Crippen MR) is 81.7 cm³/mol. The molecule has 1 N–H and O–H groups in total. The lowest BCUT2D eigenvalue weighted by molar-refractivity contribution is -0.149. The highest BCUT2D eigenvalue weighted by Crippen LogP contribution is 2.43. The molecule has 0 aromatic rings. The molecule has 126 valence electrons. The zero-order valence-electron chi connectivity index (χ0n) is 13.0. The fourth-order valence-electron chi connectivity index (χ4n) is 3.22. The molecule has 2 aliphatic rings. The van der Waals surface area contributed by atoms with E-state index in [1.54, 1.807) is 6.92 Å². The number of likely N-dealkylation sites (tertiary alicyclic amines) is 1. The maximum Gasteiger partial charge on any atom is 0.326 e. The maximum absolute atomic E-state index is 12.5. The number of nitrogens with zero attached hydrogens (tertiary/aromatic N) is 1. The standard InChI is InChI=1S/C15H19NO6S/c1-8(6-23-9(2)17)13(20)16-7-15(5-10(16)14(21)22)11(18)3-4-12(15)19/h8,10H,3-7H2,1-2H3,(H,21,22)/t8?,10-/m0/s1. The fraction of sp³-hybridized carbons (Fsp3) is 0.667. The molecular weight excluding hydrogens is 322 g/mol. The number of rotatable bonds is 4. The molecule has 1 amide bonds. The summed E-state index contributed by atoms with van der Waals surface area (Å²) in [6, 6.07) is -1.17. The normalized spacial score (nSPS) is 24.3. The molecule has 1 aliphatic heterocycles. The molecule has 1 heterocycles. The largest absolute Gasteiger partial charge is 0.480 e. The summed E-state index contributed by atoms with van der Waals surface area (Å²) in [5.74, 6) is -2.51. The number of hydrogen-bond acceptors (Lipinski definition) is 6. The van der Waals surface area contributed by atoms with E-state index in [-0.39, 0.29) is 48.2 Å². The van der Waals surface area contributed by atoms with Gasteiger partial charge in [0, 0.05) is 38.0 Å². The molecule has 2 rings (SSSR count). The minimum atomic E-state index is -1.34. The second kappa shape index (κ2) is 6.43. The fourth-order valence-corrected chi connectivity index (χ4v) is 3.85. The van der Waals surface area contributed by atoms with Crippen molar-refractivity contribution in [1.82, 2.24) is 4.90 Å². The second-order valence-electron chi connectivity index (χ2n) is 6.16. The number of carbonyl (C=O) groups excluding carboxylic acids is 4. The van der Waals surface area contributed by atoms with Crippen LogP contribution in [0.15, 0.2) is 0 Å². The first-order chi connectivity index (χ1) is 10.7. The number of thioether (sulfide) groups is 1. The summed E-state index contributed by atoms with van der Waals surface area (Å²) in [4.78, 5) is 60.4. The number of Topliss-reactive ketones (excluding diaryl/α,β-unsaturated/α-hetero) is 2. The van der Waals surface area contributed by atoms with Gasteiger partial charge in [-0.05, 0) is 6.42 Å². The molecule has 0 aromatic heterocycles. The van der Waals surface area contributed by atoms with Gasteiger partial charge in [-0.15, -0.1) is 0 Å². The maximum atomic E-state index is 12.5. The summed E-state index contributed by atoms with van der Waals surface area (Å²) in [5.41, 5.74) is -1.34. The highest BCUT2D eigenvalue weighted by Gasteiger charge is 2.59. The van der Waals surface area contributed by atoms with Crippen molar-refractivity contribution in [2.75, 3.05) is 12.3 Å². The average Bonchev–Trinajstić information content (AvgIpc) is 3.02. The Kier molecular flexibility index (Phi) is 4.93. The number of ketones is 2. The van der Waals surface area contributed by atoms with Crippen LogP contribution >= 0.6 is 11.8 Å². The Morgan fingerprint density at radius 3 is 2.35 bits per heavy atom. The lowest BCUT2D eigenvalue weighted by Gasteiger charge is -2.25. The summed E-state index contributed by atoms with van der Waals surface area (Å²) >= 11 is 0.993. The van der Waals surface area contributed by atoms with Crippen LogP contribution in [0, 0.1) is 11.3 Å². The monoisotopic (exact) mass is 341 g/mol. The van der Waals surface area contributed by atoms with Crippen LogP contribution in [0.1, 0.15) is 33.1 Å². The highest BCUT2D eigenvalue weighted by molar-refractivity contribution is 8.13. The van der Waals surface area contributed by atoms with Crippen LogP contribution in [0.3, 0.4) is 0 Å². The van der Waals surface area contributed by atoms with E-state index in [9.17, 15) is 29.1 Å². The third-order valence-electron chi connectivity index (χ3n) is 4.53.